The van der Waals surface area contributed by atoms with Gasteiger partial charge in [-0.3, -0.25) is 4.79 Å². The van der Waals surface area contributed by atoms with Crippen molar-refractivity contribution in [1.82, 2.24) is 9.29 Å². The molecule has 0 saturated carbocycles. The first kappa shape index (κ1) is 15.4. The van der Waals surface area contributed by atoms with E-state index in [1.165, 1.54) is 21.9 Å². The predicted molar refractivity (Wildman–Crippen MR) is 87.4 cm³/mol. The van der Waals surface area contributed by atoms with Gasteiger partial charge in [-0.15, -0.1) is 0 Å². The molecular weight excluding hydrogens is 322 g/mol. The molecule has 2 heterocycles. The standard InChI is InChI=1S/C14H17N3O3S2/c1-22(19,20)17-8-4-5-10(9-17)13(18)16-14-15-11-6-2-3-7-12(11)21-14/h2-3,6-7,10H,4-5,8-9H2,1H3,(H,15,16,18)/t10-/m0/s1. The second-order valence-corrected chi connectivity index (χ2v) is 8.45. The molecule has 1 aliphatic rings. The molecule has 1 saturated heterocycles. The number of amides is 1. The van der Waals surface area contributed by atoms with Crippen LogP contribution in [0.4, 0.5) is 5.13 Å². The van der Waals surface area contributed by atoms with E-state index in [9.17, 15) is 13.2 Å². The van der Waals surface area contributed by atoms with E-state index >= 15 is 0 Å². The number of carbonyl (C=O) groups is 1. The van der Waals surface area contributed by atoms with Gasteiger partial charge in [0.2, 0.25) is 15.9 Å². The predicted octanol–water partition coefficient (Wildman–Crippen LogP) is 1.91. The van der Waals surface area contributed by atoms with Crippen LogP contribution in [0, 0.1) is 5.92 Å². The van der Waals surface area contributed by atoms with E-state index in [1.54, 1.807) is 0 Å². The lowest BCUT2D eigenvalue weighted by Crippen LogP contribution is -2.43. The zero-order valence-corrected chi connectivity index (χ0v) is 13.8. The van der Waals surface area contributed by atoms with Crippen molar-refractivity contribution >= 4 is 42.6 Å². The van der Waals surface area contributed by atoms with Gasteiger partial charge in [-0.1, -0.05) is 23.5 Å². The van der Waals surface area contributed by atoms with Gasteiger partial charge >= 0.3 is 0 Å². The number of aromatic nitrogens is 1. The van der Waals surface area contributed by atoms with Gasteiger partial charge in [0.05, 0.1) is 22.4 Å². The lowest BCUT2D eigenvalue weighted by atomic mass is 9.99. The van der Waals surface area contributed by atoms with E-state index in [1.807, 2.05) is 24.3 Å². The minimum atomic E-state index is -3.25. The number of carbonyl (C=O) groups excluding carboxylic acids is 1. The first-order chi connectivity index (χ1) is 10.4. The fourth-order valence-corrected chi connectivity index (χ4v) is 4.37. The lowest BCUT2D eigenvalue weighted by Gasteiger charge is -2.29. The number of fused-ring (bicyclic) bond motifs is 1. The number of anilines is 1. The first-order valence-corrected chi connectivity index (χ1v) is 9.71. The minimum absolute atomic E-state index is 0.160. The summed E-state index contributed by atoms with van der Waals surface area (Å²) in [7, 11) is -3.25. The third-order valence-corrected chi connectivity index (χ3v) is 5.97. The second kappa shape index (κ2) is 5.94. The maximum Gasteiger partial charge on any atom is 0.230 e. The van der Waals surface area contributed by atoms with Crippen LogP contribution < -0.4 is 5.32 Å². The van der Waals surface area contributed by atoms with Crippen molar-refractivity contribution in [3.63, 3.8) is 0 Å². The molecule has 1 aromatic carbocycles. The summed E-state index contributed by atoms with van der Waals surface area (Å²) >= 11 is 1.42. The van der Waals surface area contributed by atoms with E-state index in [4.69, 9.17) is 0 Å². The Labute approximate surface area is 133 Å². The summed E-state index contributed by atoms with van der Waals surface area (Å²) in [5.74, 6) is -0.483. The van der Waals surface area contributed by atoms with Crippen LogP contribution in [0.1, 0.15) is 12.8 Å². The van der Waals surface area contributed by atoms with Crippen LogP contribution in [0.5, 0.6) is 0 Å². The smallest absolute Gasteiger partial charge is 0.230 e. The number of nitrogens with zero attached hydrogens (tertiary/aromatic N) is 2. The monoisotopic (exact) mass is 339 g/mol. The van der Waals surface area contributed by atoms with Crippen molar-refractivity contribution in [2.45, 2.75) is 12.8 Å². The number of sulfonamides is 1. The van der Waals surface area contributed by atoms with Gasteiger partial charge in [-0.05, 0) is 25.0 Å². The molecule has 1 fully saturated rings. The number of thiazole rings is 1. The highest BCUT2D eigenvalue weighted by Gasteiger charge is 2.30. The molecule has 0 radical (unpaired) electrons. The zero-order chi connectivity index (χ0) is 15.7. The Kier molecular flexibility index (Phi) is 4.16. The molecule has 1 N–H and O–H groups in total. The van der Waals surface area contributed by atoms with Crippen LogP contribution in [-0.4, -0.2) is 43.0 Å². The number of para-hydroxylation sites is 1. The van der Waals surface area contributed by atoms with Gasteiger partial charge in [0.1, 0.15) is 0 Å². The summed E-state index contributed by atoms with van der Waals surface area (Å²) in [5, 5.41) is 3.38. The number of rotatable bonds is 3. The summed E-state index contributed by atoms with van der Waals surface area (Å²) in [6, 6.07) is 7.68. The summed E-state index contributed by atoms with van der Waals surface area (Å²) in [6.07, 6.45) is 2.58. The molecule has 1 atom stereocenters. The lowest BCUT2D eigenvalue weighted by molar-refractivity contribution is -0.120. The van der Waals surface area contributed by atoms with Crippen molar-refractivity contribution < 1.29 is 13.2 Å². The van der Waals surface area contributed by atoms with Crippen molar-refractivity contribution in [3.8, 4) is 0 Å². The fourth-order valence-electron chi connectivity index (χ4n) is 2.59. The molecule has 0 spiro atoms. The van der Waals surface area contributed by atoms with Gasteiger partial charge < -0.3 is 5.32 Å². The Morgan fingerprint density at radius 3 is 2.91 bits per heavy atom. The van der Waals surface area contributed by atoms with E-state index in [0.29, 0.717) is 24.5 Å². The summed E-state index contributed by atoms with van der Waals surface area (Å²) in [6.45, 7) is 0.735. The second-order valence-electron chi connectivity index (χ2n) is 5.44. The number of piperidine rings is 1. The third-order valence-electron chi connectivity index (χ3n) is 3.75. The van der Waals surface area contributed by atoms with Gasteiger partial charge in [-0.2, -0.15) is 0 Å². The molecule has 3 rings (SSSR count). The van der Waals surface area contributed by atoms with Crippen molar-refractivity contribution in [3.05, 3.63) is 24.3 Å². The van der Waals surface area contributed by atoms with Crippen LogP contribution in [0.15, 0.2) is 24.3 Å². The number of benzene rings is 1. The number of nitrogens with one attached hydrogen (secondary N) is 1. The van der Waals surface area contributed by atoms with E-state index in [2.05, 4.69) is 10.3 Å². The summed E-state index contributed by atoms with van der Waals surface area (Å²) < 4.78 is 25.6. The highest BCUT2D eigenvalue weighted by molar-refractivity contribution is 7.88. The highest BCUT2D eigenvalue weighted by atomic mass is 32.2. The number of hydrogen-bond acceptors (Lipinski definition) is 5. The van der Waals surface area contributed by atoms with E-state index < -0.39 is 10.0 Å². The molecule has 6 nitrogen and oxygen atoms in total. The quantitative estimate of drug-likeness (QED) is 0.926. The average Bonchev–Trinajstić information content (AvgIpc) is 2.88. The van der Waals surface area contributed by atoms with Crippen molar-refractivity contribution in [2.24, 2.45) is 5.92 Å². The Balaban J connectivity index is 1.71. The van der Waals surface area contributed by atoms with Crippen molar-refractivity contribution in [2.75, 3.05) is 24.7 Å². The van der Waals surface area contributed by atoms with Crippen LogP contribution in [0.3, 0.4) is 0 Å². The van der Waals surface area contributed by atoms with Crippen LogP contribution in [0.2, 0.25) is 0 Å². The molecule has 1 amide bonds. The zero-order valence-electron chi connectivity index (χ0n) is 12.2. The Bertz CT molecular complexity index is 768. The first-order valence-electron chi connectivity index (χ1n) is 7.05. The fraction of sp³-hybridized carbons (Fsp3) is 0.429. The van der Waals surface area contributed by atoms with E-state index in [-0.39, 0.29) is 18.4 Å². The van der Waals surface area contributed by atoms with Gasteiger partial charge in [0.15, 0.2) is 5.13 Å². The molecule has 1 aliphatic heterocycles. The Morgan fingerprint density at radius 1 is 1.41 bits per heavy atom. The van der Waals surface area contributed by atoms with Crippen LogP contribution >= 0.6 is 11.3 Å². The topological polar surface area (TPSA) is 79.4 Å². The highest BCUT2D eigenvalue weighted by Crippen LogP contribution is 2.27. The van der Waals surface area contributed by atoms with Gasteiger partial charge in [0, 0.05) is 13.1 Å². The van der Waals surface area contributed by atoms with Crippen molar-refractivity contribution in [1.29, 1.82) is 0 Å². The maximum absolute atomic E-state index is 12.4. The maximum atomic E-state index is 12.4. The molecule has 0 aliphatic carbocycles. The SMILES string of the molecule is CS(=O)(=O)N1CCC[C@H](C(=O)Nc2nc3ccccc3s2)C1. The molecule has 2 aromatic rings. The van der Waals surface area contributed by atoms with Gasteiger partial charge in [-0.25, -0.2) is 17.7 Å². The molecular formula is C14H17N3O3S2. The molecule has 0 bridgehead atoms. The van der Waals surface area contributed by atoms with E-state index in [0.717, 1.165) is 10.2 Å². The number of hydrogen-bond donors (Lipinski definition) is 1. The molecule has 0 unspecified atom stereocenters. The molecule has 22 heavy (non-hydrogen) atoms. The Morgan fingerprint density at radius 2 is 2.18 bits per heavy atom. The average molecular weight is 339 g/mol. The minimum Gasteiger partial charge on any atom is -0.302 e. The molecule has 1 aromatic heterocycles. The normalized spacial score (nSPS) is 20.1. The summed E-state index contributed by atoms with van der Waals surface area (Å²) in [4.78, 5) is 16.7. The van der Waals surface area contributed by atoms with Crippen LogP contribution in [-0.2, 0) is 14.8 Å². The molecule has 8 heteroatoms. The van der Waals surface area contributed by atoms with Gasteiger partial charge in [0.25, 0.3) is 0 Å². The largest absolute Gasteiger partial charge is 0.302 e. The molecule has 118 valence electrons. The third kappa shape index (κ3) is 3.29. The summed E-state index contributed by atoms with van der Waals surface area (Å²) in [5.41, 5.74) is 0.851. The Hall–Kier alpha value is -1.51. The van der Waals surface area contributed by atoms with Crippen LogP contribution in [0.25, 0.3) is 10.2 Å².